The lowest BCUT2D eigenvalue weighted by atomic mass is 9.82. The molecular weight excluding hydrogens is 304 g/mol. The maximum Gasteiger partial charge on any atom is 0.239 e. The van der Waals surface area contributed by atoms with E-state index >= 15 is 0 Å². The second-order valence-corrected chi connectivity index (χ2v) is 7.57. The molecule has 0 heterocycles. The highest BCUT2D eigenvalue weighted by molar-refractivity contribution is 5.84. The molecule has 5 nitrogen and oxygen atoms in total. The molecule has 0 aromatic heterocycles. The van der Waals surface area contributed by atoms with Crippen LogP contribution in [0.1, 0.15) is 77.0 Å². The lowest BCUT2D eigenvalue weighted by molar-refractivity contribution is -0.127. The van der Waals surface area contributed by atoms with E-state index in [1.807, 2.05) is 0 Å². The molecule has 2 aliphatic rings. The lowest BCUT2D eigenvalue weighted by Gasteiger charge is -2.30. The van der Waals surface area contributed by atoms with Gasteiger partial charge in [-0.3, -0.25) is 9.59 Å². The third kappa shape index (κ3) is 6.80. The molecule has 5 heteroatoms. The van der Waals surface area contributed by atoms with Gasteiger partial charge in [0.25, 0.3) is 0 Å². The number of aliphatic hydroxyl groups is 1. The first-order chi connectivity index (χ1) is 11.7. The fourth-order valence-corrected chi connectivity index (χ4v) is 4.26. The van der Waals surface area contributed by atoms with Gasteiger partial charge in [0, 0.05) is 19.1 Å². The monoisotopic (exact) mass is 338 g/mol. The Bertz CT molecular complexity index is 388. The van der Waals surface area contributed by atoms with Crippen LogP contribution < -0.4 is 10.6 Å². The van der Waals surface area contributed by atoms with Crippen LogP contribution in [0.2, 0.25) is 0 Å². The normalized spacial score (nSPS) is 21.2. The molecule has 2 amide bonds. The van der Waals surface area contributed by atoms with Crippen molar-refractivity contribution in [2.45, 2.75) is 83.1 Å². The van der Waals surface area contributed by atoms with Gasteiger partial charge in [-0.2, -0.15) is 0 Å². The summed E-state index contributed by atoms with van der Waals surface area (Å²) in [5.41, 5.74) is 0. The van der Waals surface area contributed by atoms with Gasteiger partial charge in [0.1, 0.15) is 0 Å². The average molecular weight is 338 g/mol. The van der Waals surface area contributed by atoms with Crippen LogP contribution in [0.5, 0.6) is 0 Å². The van der Waals surface area contributed by atoms with Gasteiger partial charge < -0.3 is 15.7 Å². The van der Waals surface area contributed by atoms with E-state index in [4.69, 9.17) is 0 Å². The Morgan fingerprint density at radius 3 is 2.17 bits per heavy atom. The van der Waals surface area contributed by atoms with Gasteiger partial charge in [-0.1, -0.05) is 38.5 Å². The SMILES string of the molecule is O=C(CC1CCCCC1)NCC(=O)NC(CCO)C1CCCCC1. The fourth-order valence-electron chi connectivity index (χ4n) is 4.26. The van der Waals surface area contributed by atoms with E-state index in [-0.39, 0.29) is 31.0 Å². The molecule has 0 saturated heterocycles. The molecule has 3 N–H and O–H groups in total. The zero-order valence-electron chi connectivity index (χ0n) is 14.9. The lowest BCUT2D eigenvalue weighted by Crippen LogP contribution is -2.46. The first-order valence-electron chi connectivity index (χ1n) is 9.86. The maximum absolute atomic E-state index is 12.2. The van der Waals surface area contributed by atoms with E-state index in [1.54, 1.807) is 0 Å². The smallest absolute Gasteiger partial charge is 0.239 e. The summed E-state index contributed by atoms with van der Waals surface area (Å²) >= 11 is 0. The topological polar surface area (TPSA) is 78.4 Å². The van der Waals surface area contributed by atoms with Gasteiger partial charge in [0.2, 0.25) is 11.8 Å². The van der Waals surface area contributed by atoms with Crippen LogP contribution in [0, 0.1) is 11.8 Å². The second-order valence-electron chi connectivity index (χ2n) is 7.57. The van der Waals surface area contributed by atoms with E-state index in [9.17, 15) is 14.7 Å². The van der Waals surface area contributed by atoms with Crippen LogP contribution >= 0.6 is 0 Å². The predicted molar refractivity (Wildman–Crippen MR) is 94.4 cm³/mol. The standard InChI is InChI=1S/C19H34N2O3/c22-12-11-17(16-9-5-2-6-10-16)21-19(24)14-20-18(23)13-15-7-3-1-4-8-15/h15-17,22H,1-14H2,(H,20,23)(H,21,24). The number of aliphatic hydroxyl groups excluding tert-OH is 1. The van der Waals surface area contributed by atoms with Crippen molar-refractivity contribution in [2.75, 3.05) is 13.2 Å². The van der Waals surface area contributed by atoms with Crippen LogP contribution in [0.15, 0.2) is 0 Å². The van der Waals surface area contributed by atoms with Crippen molar-refractivity contribution in [2.24, 2.45) is 11.8 Å². The van der Waals surface area contributed by atoms with Crippen molar-refractivity contribution in [1.82, 2.24) is 10.6 Å². The van der Waals surface area contributed by atoms with Crippen molar-refractivity contribution >= 4 is 11.8 Å². The number of amides is 2. The number of carbonyl (C=O) groups excluding carboxylic acids is 2. The van der Waals surface area contributed by atoms with Gasteiger partial charge >= 0.3 is 0 Å². The number of hydrogen-bond donors (Lipinski definition) is 3. The maximum atomic E-state index is 12.2. The summed E-state index contributed by atoms with van der Waals surface area (Å²) in [5.74, 6) is 0.823. The summed E-state index contributed by atoms with van der Waals surface area (Å²) in [6, 6.07) is 0.0399. The van der Waals surface area contributed by atoms with Gasteiger partial charge in [0.05, 0.1) is 6.54 Å². The molecule has 1 unspecified atom stereocenters. The summed E-state index contributed by atoms with van der Waals surface area (Å²) in [5, 5.41) is 15.1. The molecular formula is C19H34N2O3. The summed E-state index contributed by atoms with van der Waals surface area (Å²) in [7, 11) is 0. The highest BCUT2D eigenvalue weighted by Gasteiger charge is 2.25. The molecule has 0 aromatic rings. The molecule has 138 valence electrons. The first kappa shape index (κ1) is 19.2. The number of rotatable bonds is 8. The summed E-state index contributed by atoms with van der Waals surface area (Å²) in [4.78, 5) is 24.2. The summed E-state index contributed by atoms with van der Waals surface area (Å²) in [6.45, 7) is 0.148. The van der Waals surface area contributed by atoms with Gasteiger partial charge in [-0.15, -0.1) is 0 Å². The molecule has 0 radical (unpaired) electrons. The summed E-state index contributed by atoms with van der Waals surface area (Å²) in [6.07, 6.45) is 13.1. The minimum atomic E-state index is -0.129. The van der Waals surface area contributed by atoms with Gasteiger partial charge in [-0.25, -0.2) is 0 Å². The molecule has 0 aromatic carbocycles. The highest BCUT2D eigenvalue weighted by atomic mass is 16.3. The number of nitrogens with one attached hydrogen (secondary N) is 2. The van der Waals surface area contributed by atoms with E-state index < -0.39 is 0 Å². The molecule has 0 bridgehead atoms. The number of hydrogen-bond acceptors (Lipinski definition) is 3. The Morgan fingerprint density at radius 1 is 0.917 bits per heavy atom. The van der Waals surface area contributed by atoms with Gasteiger partial charge in [-0.05, 0) is 43.9 Å². The van der Waals surface area contributed by atoms with E-state index in [1.165, 1.54) is 38.5 Å². The molecule has 2 saturated carbocycles. The Morgan fingerprint density at radius 2 is 1.54 bits per heavy atom. The highest BCUT2D eigenvalue weighted by Crippen LogP contribution is 2.28. The molecule has 0 aliphatic heterocycles. The van der Waals surface area contributed by atoms with Crippen molar-refractivity contribution in [3.63, 3.8) is 0 Å². The Labute approximate surface area is 146 Å². The van der Waals surface area contributed by atoms with Crippen LogP contribution in [-0.4, -0.2) is 36.1 Å². The molecule has 24 heavy (non-hydrogen) atoms. The number of carbonyl (C=O) groups is 2. The van der Waals surface area contributed by atoms with Crippen molar-refractivity contribution in [1.29, 1.82) is 0 Å². The molecule has 1 atom stereocenters. The Kier molecular flexibility index (Phi) is 8.57. The third-order valence-electron chi connectivity index (χ3n) is 5.65. The van der Waals surface area contributed by atoms with Crippen LogP contribution in [0.25, 0.3) is 0 Å². The minimum Gasteiger partial charge on any atom is -0.396 e. The quantitative estimate of drug-likeness (QED) is 0.636. The van der Waals surface area contributed by atoms with Crippen molar-refractivity contribution < 1.29 is 14.7 Å². The predicted octanol–water partition coefficient (Wildman–Crippen LogP) is 2.52. The van der Waals surface area contributed by atoms with Crippen LogP contribution in [0.4, 0.5) is 0 Å². The molecule has 2 rings (SSSR count). The fraction of sp³-hybridized carbons (Fsp3) is 0.895. The van der Waals surface area contributed by atoms with E-state index in [2.05, 4.69) is 10.6 Å². The van der Waals surface area contributed by atoms with Gasteiger partial charge in [0.15, 0.2) is 0 Å². The second kappa shape index (κ2) is 10.7. The van der Waals surface area contributed by atoms with Crippen LogP contribution in [0.3, 0.4) is 0 Å². The molecule has 2 aliphatic carbocycles. The van der Waals surface area contributed by atoms with Crippen molar-refractivity contribution in [3.8, 4) is 0 Å². The Hall–Kier alpha value is -1.10. The first-order valence-corrected chi connectivity index (χ1v) is 9.86. The molecule has 0 spiro atoms. The zero-order chi connectivity index (χ0) is 17.2. The minimum absolute atomic E-state index is 0.00609. The van der Waals surface area contributed by atoms with Crippen LogP contribution in [-0.2, 0) is 9.59 Å². The van der Waals surface area contributed by atoms with E-state index in [0.29, 0.717) is 24.7 Å². The van der Waals surface area contributed by atoms with Crippen molar-refractivity contribution in [3.05, 3.63) is 0 Å². The molecule has 2 fully saturated rings. The largest absolute Gasteiger partial charge is 0.396 e. The summed E-state index contributed by atoms with van der Waals surface area (Å²) < 4.78 is 0. The average Bonchev–Trinajstić information content (AvgIpc) is 2.61. The third-order valence-corrected chi connectivity index (χ3v) is 5.65. The Balaban J connectivity index is 1.68. The zero-order valence-corrected chi connectivity index (χ0v) is 14.9. The van der Waals surface area contributed by atoms with E-state index in [0.717, 1.165) is 25.7 Å².